The van der Waals surface area contributed by atoms with Crippen molar-refractivity contribution in [1.82, 2.24) is 10.6 Å². The summed E-state index contributed by atoms with van der Waals surface area (Å²) in [5, 5.41) is 6.15. The summed E-state index contributed by atoms with van der Waals surface area (Å²) in [7, 11) is 1.35. The van der Waals surface area contributed by atoms with Gasteiger partial charge in [0.15, 0.2) is 0 Å². The minimum Gasteiger partial charge on any atom is -0.467 e. The first-order valence-electron chi connectivity index (χ1n) is 7.06. The molecule has 0 bridgehead atoms. The van der Waals surface area contributed by atoms with Crippen LogP contribution in [0.1, 0.15) is 40.0 Å². The number of esters is 1. The molecule has 2 atom stereocenters. The number of ether oxygens (including phenoxy) is 1. The first-order chi connectivity index (χ1) is 8.96. The van der Waals surface area contributed by atoms with Gasteiger partial charge in [-0.1, -0.05) is 20.8 Å². The second-order valence-electron chi connectivity index (χ2n) is 5.63. The lowest BCUT2D eigenvalue weighted by Gasteiger charge is -2.36. The van der Waals surface area contributed by atoms with Gasteiger partial charge in [-0.25, -0.2) is 4.79 Å². The third-order valence-electron chi connectivity index (χ3n) is 4.04. The lowest BCUT2D eigenvalue weighted by Crippen LogP contribution is -2.55. The van der Waals surface area contributed by atoms with Gasteiger partial charge in [0.05, 0.1) is 12.5 Å². The van der Waals surface area contributed by atoms with Crippen LogP contribution in [0.5, 0.6) is 0 Å². The van der Waals surface area contributed by atoms with E-state index in [2.05, 4.69) is 10.6 Å². The maximum absolute atomic E-state index is 12.5. The predicted octanol–water partition coefficient (Wildman–Crippen LogP) is 1.08. The topological polar surface area (TPSA) is 67.4 Å². The number of piperidine rings is 1. The van der Waals surface area contributed by atoms with Crippen molar-refractivity contribution in [2.45, 2.75) is 46.1 Å². The average Bonchev–Trinajstić information content (AvgIpc) is 2.43. The molecule has 5 nitrogen and oxygen atoms in total. The van der Waals surface area contributed by atoms with Crippen molar-refractivity contribution < 1.29 is 14.3 Å². The van der Waals surface area contributed by atoms with Crippen molar-refractivity contribution in [2.75, 3.05) is 20.2 Å². The molecule has 19 heavy (non-hydrogen) atoms. The van der Waals surface area contributed by atoms with Gasteiger partial charge in [-0.15, -0.1) is 0 Å². The van der Waals surface area contributed by atoms with Gasteiger partial charge in [0.2, 0.25) is 5.91 Å². The molecule has 2 N–H and O–H groups in total. The van der Waals surface area contributed by atoms with E-state index in [4.69, 9.17) is 4.74 Å². The van der Waals surface area contributed by atoms with E-state index in [1.165, 1.54) is 7.11 Å². The lowest BCUT2D eigenvalue weighted by molar-refractivity contribution is -0.148. The molecule has 1 amide bonds. The molecule has 1 saturated heterocycles. The van der Waals surface area contributed by atoms with Crippen molar-refractivity contribution in [1.29, 1.82) is 0 Å². The second-order valence-corrected chi connectivity index (χ2v) is 5.63. The fourth-order valence-electron chi connectivity index (χ4n) is 2.54. The second kappa shape index (κ2) is 6.89. The van der Waals surface area contributed by atoms with E-state index in [0.29, 0.717) is 6.54 Å². The van der Waals surface area contributed by atoms with Crippen LogP contribution in [0.25, 0.3) is 0 Å². The molecule has 2 unspecified atom stereocenters. The summed E-state index contributed by atoms with van der Waals surface area (Å²) in [6.07, 6.45) is 2.64. The summed E-state index contributed by atoms with van der Waals surface area (Å²) in [5.74, 6) is -0.397. The van der Waals surface area contributed by atoms with Gasteiger partial charge >= 0.3 is 5.97 Å². The Bertz CT molecular complexity index is 323. The number of amides is 1. The molecule has 1 aliphatic rings. The number of rotatable bonds is 5. The summed E-state index contributed by atoms with van der Waals surface area (Å²) in [6.45, 7) is 7.47. The van der Waals surface area contributed by atoms with Crippen LogP contribution in [0, 0.1) is 11.3 Å². The minimum atomic E-state index is -0.567. The first kappa shape index (κ1) is 16.0. The van der Waals surface area contributed by atoms with Crippen LogP contribution in [0.4, 0.5) is 0 Å². The Morgan fingerprint density at radius 2 is 2.11 bits per heavy atom. The fourth-order valence-corrected chi connectivity index (χ4v) is 2.54. The summed E-state index contributed by atoms with van der Waals surface area (Å²) >= 11 is 0. The van der Waals surface area contributed by atoms with E-state index >= 15 is 0 Å². The van der Waals surface area contributed by atoms with Crippen LogP contribution < -0.4 is 10.6 Å². The predicted molar refractivity (Wildman–Crippen MR) is 73.6 cm³/mol. The van der Waals surface area contributed by atoms with E-state index in [1.807, 2.05) is 20.8 Å². The number of nitrogens with one attached hydrogen (secondary N) is 2. The van der Waals surface area contributed by atoms with Crippen LogP contribution in [0.3, 0.4) is 0 Å². The lowest BCUT2D eigenvalue weighted by atomic mass is 9.77. The maximum atomic E-state index is 12.5. The highest BCUT2D eigenvalue weighted by Crippen LogP contribution is 2.30. The van der Waals surface area contributed by atoms with Gasteiger partial charge < -0.3 is 15.4 Å². The zero-order chi connectivity index (χ0) is 14.5. The smallest absolute Gasteiger partial charge is 0.328 e. The van der Waals surface area contributed by atoms with Crippen molar-refractivity contribution in [3.63, 3.8) is 0 Å². The number of hydrogen-bond donors (Lipinski definition) is 2. The van der Waals surface area contributed by atoms with E-state index in [-0.39, 0.29) is 23.2 Å². The van der Waals surface area contributed by atoms with E-state index in [9.17, 15) is 9.59 Å². The highest BCUT2D eigenvalue weighted by molar-refractivity contribution is 5.88. The number of hydrogen-bond acceptors (Lipinski definition) is 4. The monoisotopic (exact) mass is 270 g/mol. The molecule has 0 spiro atoms. The number of methoxy groups -OCH3 is 1. The van der Waals surface area contributed by atoms with E-state index in [1.54, 1.807) is 0 Å². The Morgan fingerprint density at radius 3 is 2.53 bits per heavy atom. The van der Waals surface area contributed by atoms with E-state index in [0.717, 1.165) is 25.8 Å². The molecule has 0 saturated carbocycles. The van der Waals surface area contributed by atoms with Crippen LogP contribution in [-0.2, 0) is 14.3 Å². The Labute approximate surface area is 115 Å². The number of carbonyl (C=O) groups is 2. The fraction of sp³-hybridized carbons (Fsp3) is 0.857. The van der Waals surface area contributed by atoms with Gasteiger partial charge in [0.25, 0.3) is 0 Å². The number of carbonyl (C=O) groups excluding carboxylic acids is 2. The molecule has 1 heterocycles. The van der Waals surface area contributed by atoms with Crippen molar-refractivity contribution >= 4 is 11.9 Å². The van der Waals surface area contributed by atoms with Crippen molar-refractivity contribution in [2.24, 2.45) is 11.3 Å². The largest absolute Gasteiger partial charge is 0.467 e. The Balaban J connectivity index is 2.77. The summed E-state index contributed by atoms with van der Waals surface area (Å²) < 4.78 is 4.76. The Kier molecular flexibility index (Phi) is 5.79. The van der Waals surface area contributed by atoms with Gasteiger partial charge in [-0.05, 0) is 31.7 Å². The standard InChI is InChI=1S/C14H26N2O3/c1-5-14(7-6-8-15-9-14)13(18)16-11(10(2)3)12(17)19-4/h10-11,15H,5-9H2,1-4H3,(H,16,18). The van der Waals surface area contributed by atoms with Crippen molar-refractivity contribution in [3.8, 4) is 0 Å². The van der Waals surface area contributed by atoms with Crippen LogP contribution >= 0.6 is 0 Å². The molecular formula is C14H26N2O3. The molecule has 5 heteroatoms. The molecule has 0 radical (unpaired) electrons. The van der Waals surface area contributed by atoms with Gasteiger partial charge in [-0.3, -0.25) is 4.79 Å². The highest BCUT2D eigenvalue weighted by Gasteiger charge is 2.40. The molecule has 1 aliphatic heterocycles. The first-order valence-corrected chi connectivity index (χ1v) is 7.06. The van der Waals surface area contributed by atoms with Crippen LogP contribution in [0.2, 0.25) is 0 Å². The third-order valence-corrected chi connectivity index (χ3v) is 4.04. The van der Waals surface area contributed by atoms with Gasteiger partial charge in [0.1, 0.15) is 6.04 Å². The third kappa shape index (κ3) is 3.69. The van der Waals surface area contributed by atoms with Gasteiger partial charge in [-0.2, -0.15) is 0 Å². The van der Waals surface area contributed by atoms with Crippen LogP contribution in [-0.4, -0.2) is 38.1 Å². The maximum Gasteiger partial charge on any atom is 0.328 e. The zero-order valence-corrected chi connectivity index (χ0v) is 12.4. The molecule has 0 aromatic heterocycles. The van der Waals surface area contributed by atoms with Gasteiger partial charge in [0, 0.05) is 6.54 Å². The van der Waals surface area contributed by atoms with Crippen molar-refractivity contribution in [3.05, 3.63) is 0 Å². The summed E-state index contributed by atoms with van der Waals surface area (Å²) in [4.78, 5) is 24.2. The molecule has 110 valence electrons. The normalized spacial score (nSPS) is 24.9. The SMILES string of the molecule is CCC1(C(=O)NC(C(=O)OC)C(C)C)CCCNC1. The molecule has 0 aromatic carbocycles. The Hall–Kier alpha value is -1.10. The summed E-state index contributed by atoms with van der Waals surface area (Å²) in [5.41, 5.74) is -0.389. The van der Waals surface area contributed by atoms with E-state index < -0.39 is 6.04 Å². The van der Waals surface area contributed by atoms with Crippen LogP contribution in [0.15, 0.2) is 0 Å². The molecule has 0 aliphatic carbocycles. The Morgan fingerprint density at radius 1 is 1.42 bits per heavy atom. The molecule has 1 fully saturated rings. The summed E-state index contributed by atoms with van der Waals surface area (Å²) in [6, 6.07) is -0.567. The molecule has 0 aromatic rings. The highest BCUT2D eigenvalue weighted by atomic mass is 16.5. The quantitative estimate of drug-likeness (QED) is 0.734. The average molecular weight is 270 g/mol. The molecule has 1 rings (SSSR count). The zero-order valence-electron chi connectivity index (χ0n) is 12.4. The minimum absolute atomic E-state index is 0.0156. The molecular weight excluding hydrogens is 244 g/mol.